The van der Waals surface area contributed by atoms with E-state index in [0.29, 0.717) is 11.7 Å². The number of rotatable bonds is 3. The van der Waals surface area contributed by atoms with Gasteiger partial charge in [0.15, 0.2) is 0 Å². The van der Waals surface area contributed by atoms with E-state index in [1.807, 2.05) is 0 Å². The number of nitrogens with one attached hydrogen (secondary N) is 1. The molecule has 1 aromatic heterocycles. The Labute approximate surface area is 106 Å². The highest BCUT2D eigenvalue weighted by Crippen LogP contribution is 2.12. The van der Waals surface area contributed by atoms with Gasteiger partial charge >= 0.3 is 0 Å². The summed E-state index contributed by atoms with van der Waals surface area (Å²) < 4.78 is 0. The van der Waals surface area contributed by atoms with Crippen molar-refractivity contribution in [3.05, 3.63) is 18.1 Å². The minimum absolute atomic E-state index is 0.279. The van der Waals surface area contributed by atoms with Gasteiger partial charge in [-0.25, -0.2) is 9.97 Å². The summed E-state index contributed by atoms with van der Waals surface area (Å²) in [6, 6.07) is 0.443. The van der Waals surface area contributed by atoms with Gasteiger partial charge in [-0.2, -0.15) is 0 Å². The maximum atomic E-state index is 5.47. The Morgan fingerprint density at radius 3 is 2.94 bits per heavy atom. The second kappa shape index (κ2) is 5.37. The van der Waals surface area contributed by atoms with Crippen LogP contribution in [0, 0.1) is 0 Å². The molecule has 3 N–H and O–H groups in total. The largest absolute Gasteiger partial charge is 0.388 e. The van der Waals surface area contributed by atoms with Crippen molar-refractivity contribution in [2.45, 2.75) is 18.9 Å². The Hall–Kier alpha value is -1.27. The van der Waals surface area contributed by atoms with Gasteiger partial charge in [0.2, 0.25) is 0 Å². The SMILES string of the molecule is CN1CCCC(Nc2cnc(C(N)=S)cn2)C1. The molecule has 1 fully saturated rings. The summed E-state index contributed by atoms with van der Waals surface area (Å²) in [4.78, 5) is 11.0. The summed E-state index contributed by atoms with van der Waals surface area (Å²) in [5, 5.41) is 3.38. The number of piperidine rings is 1. The van der Waals surface area contributed by atoms with Crippen molar-refractivity contribution in [3.8, 4) is 0 Å². The summed E-state index contributed by atoms with van der Waals surface area (Å²) >= 11 is 4.83. The number of nitrogens with two attached hydrogens (primary N) is 1. The molecule has 0 saturated carbocycles. The lowest BCUT2D eigenvalue weighted by Crippen LogP contribution is -2.39. The van der Waals surface area contributed by atoms with Crippen molar-refractivity contribution in [3.63, 3.8) is 0 Å². The molecular weight excluding hydrogens is 234 g/mol. The zero-order valence-corrected chi connectivity index (χ0v) is 10.7. The zero-order valence-electron chi connectivity index (χ0n) is 9.89. The lowest BCUT2D eigenvalue weighted by Gasteiger charge is -2.30. The zero-order chi connectivity index (χ0) is 12.3. The van der Waals surface area contributed by atoms with Crippen LogP contribution in [0.1, 0.15) is 18.5 Å². The molecule has 6 heteroatoms. The molecule has 5 nitrogen and oxygen atoms in total. The molecule has 17 heavy (non-hydrogen) atoms. The van der Waals surface area contributed by atoms with E-state index in [4.69, 9.17) is 18.0 Å². The Kier molecular flexibility index (Phi) is 3.86. The van der Waals surface area contributed by atoms with Crippen LogP contribution in [0.4, 0.5) is 5.82 Å². The summed E-state index contributed by atoms with van der Waals surface area (Å²) in [7, 11) is 2.13. The Bertz CT molecular complexity index is 391. The second-order valence-electron chi connectivity index (χ2n) is 4.40. The van der Waals surface area contributed by atoms with E-state index in [0.717, 1.165) is 12.4 Å². The maximum Gasteiger partial charge on any atom is 0.144 e. The van der Waals surface area contributed by atoms with Crippen molar-refractivity contribution < 1.29 is 0 Å². The molecule has 0 spiro atoms. The average molecular weight is 251 g/mol. The molecule has 0 radical (unpaired) electrons. The third-order valence-electron chi connectivity index (χ3n) is 2.88. The van der Waals surface area contributed by atoms with E-state index < -0.39 is 0 Å². The van der Waals surface area contributed by atoms with Crippen molar-refractivity contribution >= 4 is 23.0 Å². The fraction of sp³-hybridized carbons (Fsp3) is 0.545. The van der Waals surface area contributed by atoms with Crippen molar-refractivity contribution in [1.82, 2.24) is 14.9 Å². The molecular formula is C11H17N5S. The number of likely N-dealkylation sites (N-methyl/N-ethyl adjacent to an activating group) is 1. The number of aromatic nitrogens is 2. The van der Waals surface area contributed by atoms with Gasteiger partial charge in [-0.1, -0.05) is 12.2 Å². The Morgan fingerprint density at radius 1 is 1.53 bits per heavy atom. The molecule has 0 aromatic carbocycles. The second-order valence-corrected chi connectivity index (χ2v) is 4.84. The molecule has 1 saturated heterocycles. The van der Waals surface area contributed by atoms with Gasteiger partial charge in [-0.3, -0.25) is 0 Å². The molecule has 1 aliphatic rings. The number of hydrogen-bond acceptors (Lipinski definition) is 5. The molecule has 2 rings (SSSR count). The smallest absolute Gasteiger partial charge is 0.144 e. The summed E-state index contributed by atoms with van der Waals surface area (Å²) in [5.41, 5.74) is 6.03. The predicted octanol–water partition coefficient (Wildman–Crippen LogP) is 0.617. The van der Waals surface area contributed by atoms with Crippen LogP contribution in [0.25, 0.3) is 0 Å². The highest BCUT2D eigenvalue weighted by atomic mass is 32.1. The first-order valence-electron chi connectivity index (χ1n) is 5.72. The number of nitrogens with zero attached hydrogens (tertiary/aromatic N) is 3. The molecule has 92 valence electrons. The van der Waals surface area contributed by atoms with Crippen LogP contribution in [-0.4, -0.2) is 46.0 Å². The van der Waals surface area contributed by atoms with E-state index in [1.165, 1.54) is 19.4 Å². The maximum absolute atomic E-state index is 5.47. The van der Waals surface area contributed by atoms with E-state index in [1.54, 1.807) is 12.4 Å². The standard InChI is InChI=1S/C11H17N5S/c1-16-4-2-3-8(7-16)15-10-6-13-9(5-14-10)11(12)17/h5-6,8H,2-4,7H2,1H3,(H2,12,17)(H,14,15). The van der Waals surface area contributed by atoms with Crippen LogP contribution in [0.2, 0.25) is 0 Å². The normalized spacial score (nSPS) is 21.1. The lowest BCUT2D eigenvalue weighted by molar-refractivity contribution is 0.260. The van der Waals surface area contributed by atoms with Crippen molar-refractivity contribution in [2.75, 3.05) is 25.5 Å². The van der Waals surface area contributed by atoms with Gasteiger partial charge in [0.1, 0.15) is 16.5 Å². The predicted molar refractivity (Wildman–Crippen MR) is 72.1 cm³/mol. The van der Waals surface area contributed by atoms with Crippen molar-refractivity contribution in [1.29, 1.82) is 0 Å². The first-order valence-corrected chi connectivity index (χ1v) is 6.13. The van der Waals surface area contributed by atoms with E-state index in [2.05, 4.69) is 27.2 Å². The number of likely N-dealkylation sites (tertiary alicyclic amines) is 1. The molecule has 0 bridgehead atoms. The minimum atomic E-state index is 0.279. The summed E-state index contributed by atoms with van der Waals surface area (Å²) in [6.07, 6.45) is 5.68. The number of thiocarbonyl (C=S) groups is 1. The Morgan fingerprint density at radius 2 is 2.35 bits per heavy atom. The van der Waals surface area contributed by atoms with E-state index in [9.17, 15) is 0 Å². The third kappa shape index (κ3) is 3.34. The molecule has 2 heterocycles. The third-order valence-corrected chi connectivity index (χ3v) is 3.09. The highest BCUT2D eigenvalue weighted by molar-refractivity contribution is 7.80. The summed E-state index contributed by atoms with van der Waals surface area (Å²) in [6.45, 7) is 2.21. The molecule has 1 aliphatic heterocycles. The molecule has 1 atom stereocenters. The highest BCUT2D eigenvalue weighted by Gasteiger charge is 2.17. The van der Waals surface area contributed by atoms with Gasteiger partial charge in [-0.15, -0.1) is 0 Å². The quantitative estimate of drug-likeness (QED) is 0.768. The van der Waals surface area contributed by atoms with Crippen LogP contribution in [0.3, 0.4) is 0 Å². The van der Waals surface area contributed by atoms with Crippen molar-refractivity contribution in [2.24, 2.45) is 5.73 Å². The topological polar surface area (TPSA) is 67.1 Å². The fourth-order valence-electron chi connectivity index (χ4n) is 2.02. The number of anilines is 1. The molecule has 0 aliphatic carbocycles. The van der Waals surface area contributed by atoms with Crippen LogP contribution < -0.4 is 11.1 Å². The van der Waals surface area contributed by atoms with E-state index >= 15 is 0 Å². The van der Waals surface area contributed by atoms with Crippen LogP contribution in [0.15, 0.2) is 12.4 Å². The molecule has 1 unspecified atom stereocenters. The summed E-state index contributed by atoms with van der Waals surface area (Å²) in [5.74, 6) is 0.783. The fourth-order valence-corrected chi connectivity index (χ4v) is 2.13. The Balaban J connectivity index is 1.96. The minimum Gasteiger partial charge on any atom is -0.388 e. The first-order chi connectivity index (χ1) is 8.15. The average Bonchev–Trinajstić information content (AvgIpc) is 2.29. The van der Waals surface area contributed by atoms with Crippen LogP contribution in [0.5, 0.6) is 0 Å². The van der Waals surface area contributed by atoms with Gasteiger partial charge in [0.25, 0.3) is 0 Å². The van der Waals surface area contributed by atoms with Gasteiger partial charge in [0.05, 0.1) is 12.4 Å². The lowest BCUT2D eigenvalue weighted by atomic mass is 10.1. The van der Waals surface area contributed by atoms with Gasteiger partial charge in [0, 0.05) is 12.6 Å². The first kappa shape index (κ1) is 12.2. The van der Waals surface area contributed by atoms with Gasteiger partial charge < -0.3 is 16.0 Å². The van der Waals surface area contributed by atoms with Gasteiger partial charge in [-0.05, 0) is 26.4 Å². The van der Waals surface area contributed by atoms with E-state index in [-0.39, 0.29) is 4.99 Å². The molecule has 0 amide bonds. The number of hydrogen-bond donors (Lipinski definition) is 2. The molecule has 1 aromatic rings. The van der Waals surface area contributed by atoms with Crippen LogP contribution >= 0.6 is 12.2 Å². The monoisotopic (exact) mass is 251 g/mol. The van der Waals surface area contributed by atoms with Crippen LogP contribution in [-0.2, 0) is 0 Å².